The highest BCUT2D eigenvalue weighted by Crippen LogP contribution is 2.15. The van der Waals surface area contributed by atoms with E-state index in [0.717, 1.165) is 5.56 Å². The standard InChI is InChI=1S/C14H15NO2/c16-13-7-4-8-14(17)12(13)10-15-9-11-5-2-1-3-6-11/h1-3,5-6,10,12H,4,7-9H2. The van der Waals surface area contributed by atoms with Gasteiger partial charge in [0.2, 0.25) is 0 Å². The molecule has 0 aliphatic heterocycles. The molecular formula is C14H15NO2. The molecule has 2 rings (SSSR count). The number of Topliss-reactive ketones (excluding diaryl/α,β-unsaturated/α-hetero) is 2. The van der Waals surface area contributed by atoms with Crippen LogP contribution >= 0.6 is 0 Å². The molecule has 1 aliphatic rings. The van der Waals surface area contributed by atoms with Gasteiger partial charge in [0.1, 0.15) is 17.5 Å². The van der Waals surface area contributed by atoms with Crippen LogP contribution in [0.25, 0.3) is 0 Å². The highest BCUT2D eigenvalue weighted by molar-refractivity contribution is 6.15. The Kier molecular flexibility index (Phi) is 3.81. The van der Waals surface area contributed by atoms with E-state index in [1.165, 1.54) is 6.21 Å². The van der Waals surface area contributed by atoms with Crippen LogP contribution in [0.15, 0.2) is 35.3 Å². The first kappa shape index (κ1) is 11.7. The van der Waals surface area contributed by atoms with Gasteiger partial charge in [0.25, 0.3) is 0 Å². The zero-order valence-corrected chi connectivity index (χ0v) is 9.63. The lowest BCUT2D eigenvalue weighted by molar-refractivity contribution is -0.132. The monoisotopic (exact) mass is 229 g/mol. The van der Waals surface area contributed by atoms with Gasteiger partial charge in [-0.15, -0.1) is 0 Å². The maximum Gasteiger partial charge on any atom is 0.148 e. The van der Waals surface area contributed by atoms with E-state index < -0.39 is 5.92 Å². The van der Waals surface area contributed by atoms with Crippen molar-refractivity contribution in [2.24, 2.45) is 10.9 Å². The Morgan fingerprint density at radius 2 is 1.76 bits per heavy atom. The van der Waals surface area contributed by atoms with E-state index in [1.54, 1.807) is 0 Å². The molecule has 0 spiro atoms. The predicted molar refractivity (Wildman–Crippen MR) is 66.0 cm³/mol. The van der Waals surface area contributed by atoms with E-state index >= 15 is 0 Å². The Morgan fingerprint density at radius 3 is 2.41 bits per heavy atom. The Bertz CT molecular complexity index is 421. The van der Waals surface area contributed by atoms with Gasteiger partial charge in [-0.2, -0.15) is 0 Å². The molecule has 0 unspecified atom stereocenters. The van der Waals surface area contributed by atoms with E-state index in [2.05, 4.69) is 4.99 Å². The summed E-state index contributed by atoms with van der Waals surface area (Å²) in [6.07, 6.45) is 3.24. The molecule has 1 fully saturated rings. The number of nitrogens with zero attached hydrogens (tertiary/aromatic N) is 1. The lowest BCUT2D eigenvalue weighted by atomic mass is 9.87. The van der Waals surface area contributed by atoms with Crippen molar-refractivity contribution in [1.82, 2.24) is 0 Å². The minimum Gasteiger partial charge on any atom is -0.298 e. The van der Waals surface area contributed by atoms with Crippen molar-refractivity contribution in [3.8, 4) is 0 Å². The molecule has 0 atom stereocenters. The highest BCUT2D eigenvalue weighted by atomic mass is 16.2. The summed E-state index contributed by atoms with van der Waals surface area (Å²) < 4.78 is 0. The molecule has 0 aromatic heterocycles. The number of aliphatic imine (C=N–C) groups is 1. The van der Waals surface area contributed by atoms with Crippen LogP contribution in [-0.2, 0) is 16.1 Å². The van der Waals surface area contributed by atoms with Gasteiger partial charge in [-0.1, -0.05) is 30.3 Å². The smallest absolute Gasteiger partial charge is 0.148 e. The number of carbonyl (C=O) groups excluding carboxylic acids is 2. The van der Waals surface area contributed by atoms with Gasteiger partial charge in [-0.3, -0.25) is 14.6 Å². The van der Waals surface area contributed by atoms with Crippen molar-refractivity contribution in [2.45, 2.75) is 25.8 Å². The number of carbonyl (C=O) groups is 2. The van der Waals surface area contributed by atoms with Crippen LogP contribution in [0.2, 0.25) is 0 Å². The zero-order chi connectivity index (χ0) is 12.1. The van der Waals surface area contributed by atoms with Crippen molar-refractivity contribution < 1.29 is 9.59 Å². The molecule has 17 heavy (non-hydrogen) atoms. The highest BCUT2D eigenvalue weighted by Gasteiger charge is 2.27. The van der Waals surface area contributed by atoms with Crippen LogP contribution in [0.1, 0.15) is 24.8 Å². The molecule has 0 bridgehead atoms. The van der Waals surface area contributed by atoms with Gasteiger partial charge in [0.15, 0.2) is 0 Å². The third-order valence-electron chi connectivity index (χ3n) is 2.91. The van der Waals surface area contributed by atoms with Crippen LogP contribution in [0.3, 0.4) is 0 Å². The summed E-state index contributed by atoms with van der Waals surface area (Å²) in [7, 11) is 0. The SMILES string of the molecule is O=C1CCCC(=O)C1C=NCc1ccccc1. The van der Waals surface area contributed by atoms with E-state index in [4.69, 9.17) is 0 Å². The first-order valence-electron chi connectivity index (χ1n) is 5.86. The van der Waals surface area contributed by atoms with Gasteiger partial charge < -0.3 is 0 Å². The third kappa shape index (κ3) is 3.09. The Balaban J connectivity index is 1.96. The lowest BCUT2D eigenvalue weighted by Gasteiger charge is -2.14. The molecule has 3 nitrogen and oxygen atoms in total. The Labute approximate surface area is 101 Å². The Morgan fingerprint density at radius 1 is 1.12 bits per heavy atom. The van der Waals surface area contributed by atoms with E-state index in [0.29, 0.717) is 25.8 Å². The quantitative estimate of drug-likeness (QED) is 0.589. The van der Waals surface area contributed by atoms with Crippen molar-refractivity contribution >= 4 is 17.8 Å². The van der Waals surface area contributed by atoms with Crippen LogP contribution in [-0.4, -0.2) is 17.8 Å². The van der Waals surface area contributed by atoms with Gasteiger partial charge in [0.05, 0.1) is 6.54 Å². The summed E-state index contributed by atoms with van der Waals surface area (Å²) >= 11 is 0. The second-order valence-electron chi connectivity index (χ2n) is 4.24. The van der Waals surface area contributed by atoms with Crippen molar-refractivity contribution in [1.29, 1.82) is 0 Å². The number of ketones is 2. The number of hydrogen-bond donors (Lipinski definition) is 0. The van der Waals surface area contributed by atoms with Crippen LogP contribution < -0.4 is 0 Å². The first-order valence-corrected chi connectivity index (χ1v) is 5.86. The molecular weight excluding hydrogens is 214 g/mol. The first-order chi connectivity index (χ1) is 8.27. The lowest BCUT2D eigenvalue weighted by Crippen LogP contribution is -2.29. The van der Waals surface area contributed by atoms with Crippen molar-refractivity contribution in [3.05, 3.63) is 35.9 Å². The third-order valence-corrected chi connectivity index (χ3v) is 2.91. The van der Waals surface area contributed by atoms with E-state index in [1.807, 2.05) is 30.3 Å². The van der Waals surface area contributed by atoms with Crippen LogP contribution in [0.4, 0.5) is 0 Å². The van der Waals surface area contributed by atoms with Crippen LogP contribution in [0, 0.1) is 5.92 Å². The molecule has 1 aliphatic carbocycles. The summed E-state index contributed by atoms with van der Waals surface area (Å²) in [4.78, 5) is 27.3. The van der Waals surface area contributed by atoms with E-state index in [9.17, 15) is 9.59 Å². The molecule has 1 aromatic carbocycles. The summed E-state index contributed by atoms with van der Waals surface area (Å²) in [6, 6.07) is 9.79. The predicted octanol–water partition coefficient (Wildman–Crippen LogP) is 2.20. The normalized spacial score (nSPS) is 17.9. The molecule has 3 heteroatoms. The van der Waals surface area contributed by atoms with Crippen molar-refractivity contribution in [3.63, 3.8) is 0 Å². The zero-order valence-electron chi connectivity index (χ0n) is 9.63. The van der Waals surface area contributed by atoms with E-state index in [-0.39, 0.29) is 11.6 Å². The summed E-state index contributed by atoms with van der Waals surface area (Å²) in [6.45, 7) is 0.526. The van der Waals surface area contributed by atoms with Gasteiger partial charge in [0, 0.05) is 19.1 Å². The number of benzene rings is 1. The summed E-state index contributed by atoms with van der Waals surface area (Å²) in [5.41, 5.74) is 1.08. The average Bonchev–Trinajstić information content (AvgIpc) is 2.34. The number of hydrogen-bond acceptors (Lipinski definition) is 3. The van der Waals surface area contributed by atoms with Gasteiger partial charge >= 0.3 is 0 Å². The van der Waals surface area contributed by atoms with Crippen molar-refractivity contribution in [2.75, 3.05) is 0 Å². The molecule has 88 valence electrons. The second-order valence-corrected chi connectivity index (χ2v) is 4.24. The van der Waals surface area contributed by atoms with Gasteiger partial charge in [-0.05, 0) is 12.0 Å². The maximum absolute atomic E-state index is 11.5. The molecule has 0 saturated heterocycles. The Hall–Kier alpha value is -1.77. The van der Waals surface area contributed by atoms with Gasteiger partial charge in [-0.25, -0.2) is 0 Å². The molecule has 0 amide bonds. The fraction of sp³-hybridized carbons (Fsp3) is 0.357. The minimum absolute atomic E-state index is 0.0121. The maximum atomic E-state index is 11.5. The van der Waals surface area contributed by atoms with Crippen LogP contribution in [0.5, 0.6) is 0 Å². The topological polar surface area (TPSA) is 46.5 Å². The molecule has 1 aromatic rings. The molecule has 1 saturated carbocycles. The second kappa shape index (κ2) is 5.53. The summed E-state index contributed by atoms with van der Waals surface area (Å²) in [5.74, 6) is -0.566. The fourth-order valence-electron chi connectivity index (χ4n) is 1.94. The number of rotatable bonds is 3. The molecule has 0 N–H and O–H groups in total. The molecule has 0 heterocycles. The largest absolute Gasteiger partial charge is 0.298 e. The minimum atomic E-state index is -0.590. The summed E-state index contributed by atoms with van der Waals surface area (Å²) in [5, 5.41) is 0. The molecule has 0 radical (unpaired) electrons. The average molecular weight is 229 g/mol. The fourth-order valence-corrected chi connectivity index (χ4v) is 1.94.